The molecule has 0 N–H and O–H groups in total. The normalized spacial score (nSPS) is 11.2. The number of rotatable bonds is 8. The molecule has 0 spiro atoms. The van der Waals surface area contributed by atoms with E-state index in [1.54, 1.807) is 0 Å². The second-order valence-corrected chi connectivity index (χ2v) is 15.4. The fourth-order valence-electron chi connectivity index (χ4n) is 8.47. The van der Waals surface area contributed by atoms with E-state index in [2.05, 4.69) is 102 Å². The Hall–Kier alpha value is -8.79. The van der Waals surface area contributed by atoms with Crippen molar-refractivity contribution in [1.29, 1.82) is 5.26 Å². The Kier molecular flexibility index (Phi) is 9.45. The van der Waals surface area contributed by atoms with Crippen LogP contribution in [0.4, 0.5) is 0 Å². The van der Waals surface area contributed by atoms with Crippen molar-refractivity contribution in [3.05, 3.63) is 224 Å². The van der Waals surface area contributed by atoms with Crippen molar-refractivity contribution in [3.8, 4) is 90.7 Å². The van der Waals surface area contributed by atoms with Crippen LogP contribution < -0.4 is 0 Å². The Balaban J connectivity index is 1.30. The Labute approximate surface area is 364 Å². The largest absolute Gasteiger partial charge is 0.308 e. The molecule has 0 saturated heterocycles. The zero-order valence-corrected chi connectivity index (χ0v) is 34.0. The number of hydrogen-bond acceptors (Lipinski definition) is 5. The number of hydrogen-bond donors (Lipinski definition) is 0. The molecule has 0 aliphatic heterocycles. The quantitative estimate of drug-likeness (QED) is 0.153. The molecule has 0 saturated carbocycles. The third-order valence-corrected chi connectivity index (χ3v) is 11.5. The predicted octanol–water partition coefficient (Wildman–Crippen LogP) is 13.9. The summed E-state index contributed by atoms with van der Waals surface area (Å²) in [5.74, 6) is 1.16. The van der Waals surface area contributed by atoms with E-state index in [1.807, 2.05) is 127 Å². The molecule has 0 aliphatic rings. The fourth-order valence-corrected chi connectivity index (χ4v) is 8.47. The topological polar surface area (TPSA) is 80.3 Å². The first-order chi connectivity index (χ1) is 31.2. The minimum Gasteiger partial charge on any atom is -0.308 e. The molecule has 3 aromatic heterocycles. The van der Waals surface area contributed by atoms with Gasteiger partial charge in [-0.1, -0.05) is 182 Å². The van der Waals surface area contributed by atoms with Crippen LogP contribution in [0.2, 0.25) is 0 Å². The zero-order valence-electron chi connectivity index (χ0n) is 34.0. The Morgan fingerprint density at radius 3 is 1.24 bits per heavy atom. The van der Waals surface area contributed by atoms with Crippen LogP contribution in [0.5, 0.6) is 0 Å². The average molecular weight is 805 g/mol. The van der Waals surface area contributed by atoms with Crippen LogP contribution in [0.25, 0.3) is 106 Å². The smallest absolute Gasteiger partial charge is 0.160 e. The van der Waals surface area contributed by atoms with E-state index in [-0.39, 0.29) is 0 Å². The van der Waals surface area contributed by atoms with Crippen molar-refractivity contribution < 1.29 is 0 Å². The SMILES string of the molecule is N#Cc1cc(-c2cc(-c3ccccc3)nc(-c3ccccc3)n2)c(-n2c3ccccc3c3ccc(-c4ccccc4)cc32)c(-c2cc(-c3ccccc3)nc(-c3ccccc3)n2)c1. The molecule has 0 radical (unpaired) electrons. The monoisotopic (exact) mass is 804 g/mol. The van der Waals surface area contributed by atoms with Crippen molar-refractivity contribution in [2.24, 2.45) is 0 Å². The van der Waals surface area contributed by atoms with E-state index in [0.29, 0.717) is 28.6 Å². The number of nitrogens with zero attached hydrogens (tertiary/aromatic N) is 6. The van der Waals surface area contributed by atoms with Gasteiger partial charge in [0.15, 0.2) is 11.6 Å². The summed E-state index contributed by atoms with van der Waals surface area (Å²) in [5.41, 5.74) is 13.6. The summed E-state index contributed by atoms with van der Waals surface area (Å²) in [4.78, 5) is 21.0. The maximum absolute atomic E-state index is 10.9. The summed E-state index contributed by atoms with van der Waals surface area (Å²) in [5, 5.41) is 13.1. The maximum atomic E-state index is 10.9. The Morgan fingerprint density at radius 2 is 0.746 bits per heavy atom. The highest BCUT2D eigenvalue weighted by atomic mass is 15.0. The predicted molar refractivity (Wildman–Crippen MR) is 255 cm³/mol. The molecule has 0 amide bonds. The molecule has 0 unspecified atom stereocenters. The maximum Gasteiger partial charge on any atom is 0.160 e. The van der Waals surface area contributed by atoms with E-state index in [0.717, 1.165) is 83.4 Å². The molecule has 63 heavy (non-hydrogen) atoms. The van der Waals surface area contributed by atoms with Crippen LogP contribution in [0.3, 0.4) is 0 Å². The van der Waals surface area contributed by atoms with E-state index in [4.69, 9.17) is 19.9 Å². The second kappa shape index (κ2) is 16.0. The van der Waals surface area contributed by atoms with Gasteiger partial charge in [0.2, 0.25) is 0 Å². The Bertz CT molecular complexity index is 3220. The molecule has 6 heteroatoms. The van der Waals surface area contributed by atoms with Gasteiger partial charge in [-0.3, -0.25) is 0 Å². The standard InChI is InChI=1S/C57H36N6/c58-37-38-32-47(51-35-49(40-20-8-2-9-21-40)59-56(61-51)42-24-12-4-13-25-42)55(63-53-29-17-16-28-45(53)46-31-30-44(34-54(46)63)39-18-6-1-7-19-39)48(33-38)52-36-50(41-22-10-3-11-23-41)60-57(62-52)43-26-14-5-15-27-43/h1-36H. The highest BCUT2D eigenvalue weighted by Crippen LogP contribution is 2.44. The zero-order chi connectivity index (χ0) is 42.1. The minimum atomic E-state index is 0.469. The van der Waals surface area contributed by atoms with Crippen LogP contribution in [0.15, 0.2) is 218 Å². The molecule has 294 valence electrons. The lowest BCUT2D eigenvalue weighted by Gasteiger charge is -2.20. The molecule has 0 bridgehead atoms. The van der Waals surface area contributed by atoms with Gasteiger partial charge in [0.05, 0.1) is 51.1 Å². The molecule has 0 fully saturated rings. The van der Waals surface area contributed by atoms with E-state index in [9.17, 15) is 5.26 Å². The van der Waals surface area contributed by atoms with Gasteiger partial charge in [0.25, 0.3) is 0 Å². The number of benzene rings is 8. The summed E-state index contributed by atoms with van der Waals surface area (Å²) in [6.45, 7) is 0. The van der Waals surface area contributed by atoms with Crippen LogP contribution in [0, 0.1) is 11.3 Å². The van der Waals surface area contributed by atoms with Crippen molar-refractivity contribution in [2.45, 2.75) is 0 Å². The van der Waals surface area contributed by atoms with E-state index < -0.39 is 0 Å². The van der Waals surface area contributed by atoms with Gasteiger partial charge >= 0.3 is 0 Å². The van der Waals surface area contributed by atoms with Gasteiger partial charge in [0, 0.05) is 44.2 Å². The molecule has 3 heterocycles. The van der Waals surface area contributed by atoms with E-state index >= 15 is 0 Å². The van der Waals surface area contributed by atoms with Gasteiger partial charge in [-0.15, -0.1) is 0 Å². The number of nitriles is 1. The first-order valence-electron chi connectivity index (χ1n) is 20.9. The van der Waals surface area contributed by atoms with Crippen molar-refractivity contribution >= 4 is 21.8 Å². The van der Waals surface area contributed by atoms with Gasteiger partial charge < -0.3 is 4.57 Å². The molecular formula is C57H36N6. The molecule has 0 atom stereocenters. The number of fused-ring (bicyclic) bond motifs is 3. The van der Waals surface area contributed by atoms with Crippen LogP contribution in [-0.4, -0.2) is 24.5 Å². The van der Waals surface area contributed by atoms with Gasteiger partial charge in [0.1, 0.15) is 0 Å². The summed E-state index contributed by atoms with van der Waals surface area (Å²) >= 11 is 0. The molecule has 11 aromatic rings. The first kappa shape index (κ1) is 37.2. The lowest BCUT2D eigenvalue weighted by atomic mass is 9.95. The lowest BCUT2D eigenvalue weighted by Crippen LogP contribution is -2.05. The highest BCUT2D eigenvalue weighted by molar-refractivity contribution is 6.11. The minimum absolute atomic E-state index is 0.469. The molecule has 8 aromatic carbocycles. The van der Waals surface area contributed by atoms with Gasteiger partial charge in [-0.2, -0.15) is 5.26 Å². The molecule has 6 nitrogen and oxygen atoms in total. The summed E-state index contributed by atoms with van der Waals surface area (Å²) < 4.78 is 2.34. The Morgan fingerprint density at radius 1 is 0.333 bits per heavy atom. The third-order valence-electron chi connectivity index (χ3n) is 11.5. The average Bonchev–Trinajstić information content (AvgIpc) is 3.70. The van der Waals surface area contributed by atoms with Crippen molar-refractivity contribution in [2.75, 3.05) is 0 Å². The summed E-state index contributed by atoms with van der Waals surface area (Å²) in [6, 6.07) is 76.6. The van der Waals surface area contributed by atoms with Crippen LogP contribution in [-0.2, 0) is 0 Å². The van der Waals surface area contributed by atoms with Gasteiger partial charge in [-0.25, -0.2) is 19.9 Å². The van der Waals surface area contributed by atoms with Gasteiger partial charge in [-0.05, 0) is 47.5 Å². The number of para-hydroxylation sites is 1. The summed E-state index contributed by atoms with van der Waals surface area (Å²) in [6.07, 6.45) is 0. The van der Waals surface area contributed by atoms with Crippen molar-refractivity contribution in [3.63, 3.8) is 0 Å². The summed E-state index contributed by atoms with van der Waals surface area (Å²) in [7, 11) is 0. The van der Waals surface area contributed by atoms with Crippen LogP contribution in [0.1, 0.15) is 5.56 Å². The lowest BCUT2D eigenvalue weighted by molar-refractivity contribution is 1.14. The highest BCUT2D eigenvalue weighted by Gasteiger charge is 2.25. The second-order valence-electron chi connectivity index (χ2n) is 15.4. The van der Waals surface area contributed by atoms with E-state index in [1.165, 1.54) is 0 Å². The van der Waals surface area contributed by atoms with Crippen molar-refractivity contribution in [1.82, 2.24) is 24.5 Å². The molecule has 11 rings (SSSR count). The molecule has 0 aliphatic carbocycles. The fraction of sp³-hybridized carbons (Fsp3) is 0. The van der Waals surface area contributed by atoms with Crippen LogP contribution >= 0.6 is 0 Å². The first-order valence-corrected chi connectivity index (χ1v) is 20.9. The number of aromatic nitrogens is 5. The molecular weight excluding hydrogens is 769 g/mol. The third kappa shape index (κ3) is 7.00.